The van der Waals surface area contributed by atoms with Crippen LogP contribution in [0.15, 0.2) is 30.3 Å². The van der Waals surface area contributed by atoms with Crippen molar-refractivity contribution in [3.05, 3.63) is 58.8 Å². The lowest BCUT2D eigenvalue weighted by atomic mass is 10.1. The number of carboxylic acids is 1. The number of nitrogens with one attached hydrogen (secondary N) is 1. The molecule has 0 atom stereocenters. The minimum atomic E-state index is -0.928. The lowest BCUT2D eigenvalue weighted by Crippen LogP contribution is -2.31. The van der Waals surface area contributed by atoms with Crippen molar-refractivity contribution in [3.63, 3.8) is 0 Å². The second kappa shape index (κ2) is 6.83. The number of hydrogen-bond acceptors (Lipinski definition) is 5. The van der Waals surface area contributed by atoms with Crippen molar-refractivity contribution in [2.75, 3.05) is 11.4 Å². The fourth-order valence-corrected chi connectivity index (χ4v) is 3.35. The summed E-state index contributed by atoms with van der Waals surface area (Å²) in [6.07, 6.45) is 1.72. The van der Waals surface area contributed by atoms with Crippen LogP contribution in [0.4, 0.5) is 5.82 Å². The van der Waals surface area contributed by atoms with Gasteiger partial charge in [0.2, 0.25) is 0 Å². The van der Waals surface area contributed by atoms with Crippen LogP contribution in [-0.2, 0) is 19.4 Å². The Morgan fingerprint density at radius 3 is 2.70 bits per heavy atom. The van der Waals surface area contributed by atoms with Crippen molar-refractivity contribution < 1.29 is 9.90 Å². The molecule has 0 saturated heterocycles. The van der Waals surface area contributed by atoms with E-state index in [2.05, 4.69) is 32.8 Å². The van der Waals surface area contributed by atoms with Crippen molar-refractivity contribution in [1.29, 1.82) is 0 Å². The van der Waals surface area contributed by atoms with Crippen LogP contribution >= 0.6 is 0 Å². The molecule has 27 heavy (non-hydrogen) atoms. The highest BCUT2D eigenvalue weighted by Crippen LogP contribution is 2.26. The first kappa shape index (κ1) is 17.2. The van der Waals surface area contributed by atoms with Gasteiger partial charge in [-0.25, -0.2) is 19.7 Å². The predicted molar refractivity (Wildman–Crippen MR) is 102 cm³/mol. The second-order valence-corrected chi connectivity index (χ2v) is 6.68. The van der Waals surface area contributed by atoms with Crippen LogP contribution in [0.2, 0.25) is 0 Å². The molecule has 3 aromatic rings. The van der Waals surface area contributed by atoms with Crippen LogP contribution in [0.1, 0.15) is 40.2 Å². The fourth-order valence-electron chi connectivity index (χ4n) is 3.35. The van der Waals surface area contributed by atoms with E-state index in [1.54, 1.807) is 24.3 Å². The summed E-state index contributed by atoms with van der Waals surface area (Å²) in [5, 5.41) is 9.03. The molecular weight excluding hydrogens is 342 g/mol. The van der Waals surface area contributed by atoms with Crippen LogP contribution < -0.4 is 4.90 Å². The van der Waals surface area contributed by atoms with E-state index in [1.165, 1.54) is 0 Å². The third kappa shape index (κ3) is 3.40. The first-order chi connectivity index (χ1) is 13.0. The number of carboxylic acid groups (broad SMARTS) is 1. The largest absolute Gasteiger partial charge is 0.478 e. The van der Waals surface area contributed by atoms with E-state index < -0.39 is 5.97 Å². The molecule has 7 heteroatoms. The van der Waals surface area contributed by atoms with Gasteiger partial charge >= 0.3 is 5.97 Å². The number of fused-ring (bicyclic) bond motifs is 1. The summed E-state index contributed by atoms with van der Waals surface area (Å²) in [6.45, 7) is 5.59. The number of H-pyrrole nitrogens is 1. The number of nitrogens with zero attached hydrogens (tertiary/aromatic N) is 4. The Morgan fingerprint density at radius 2 is 2.00 bits per heavy atom. The third-order valence-corrected chi connectivity index (χ3v) is 4.80. The van der Waals surface area contributed by atoms with Gasteiger partial charge in [-0.1, -0.05) is 19.1 Å². The van der Waals surface area contributed by atoms with Gasteiger partial charge in [-0.05, 0) is 25.5 Å². The third-order valence-electron chi connectivity index (χ3n) is 4.80. The van der Waals surface area contributed by atoms with Crippen molar-refractivity contribution in [2.24, 2.45) is 0 Å². The molecule has 0 spiro atoms. The number of rotatable bonds is 4. The lowest BCUT2D eigenvalue weighted by molar-refractivity contribution is 0.0697. The van der Waals surface area contributed by atoms with Gasteiger partial charge in [0.25, 0.3) is 0 Å². The number of anilines is 1. The van der Waals surface area contributed by atoms with Crippen LogP contribution in [0.25, 0.3) is 11.4 Å². The van der Waals surface area contributed by atoms with Gasteiger partial charge in [0.05, 0.1) is 23.5 Å². The number of aromatic amines is 1. The molecule has 7 nitrogen and oxygen atoms in total. The maximum atomic E-state index is 11.0. The molecular formula is C20H21N5O2. The second-order valence-electron chi connectivity index (χ2n) is 6.68. The minimum Gasteiger partial charge on any atom is -0.478 e. The number of carbonyl (C=O) groups is 1. The maximum Gasteiger partial charge on any atom is 0.335 e. The molecule has 0 amide bonds. The number of hydrogen-bond donors (Lipinski definition) is 2. The van der Waals surface area contributed by atoms with Crippen molar-refractivity contribution in [2.45, 2.75) is 33.2 Å². The average Bonchev–Trinajstić information content (AvgIpc) is 3.10. The highest BCUT2D eigenvalue weighted by molar-refractivity contribution is 5.88. The number of aromatic nitrogens is 4. The van der Waals surface area contributed by atoms with E-state index in [9.17, 15) is 4.79 Å². The number of aromatic carboxylic acids is 1. The Balaban J connectivity index is 1.59. The average molecular weight is 363 g/mol. The Kier molecular flexibility index (Phi) is 4.35. The molecule has 0 fully saturated rings. The predicted octanol–water partition coefficient (Wildman–Crippen LogP) is 3.00. The van der Waals surface area contributed by atoms with Crippen LogP contribution in [-0.4, -0.2) is 37.6 Å². The van der Waals surface area contributed by atoms with E-state index in [1.807, 2.05) is 6.92 Å². The number of aryl methyl sites for hydroxylation is 2. The molecule has 0 radical (unpaired) electrons. The Labute approximate surface area is 157 Å². The maximum absolute atomic E-state index is 11.0. The van der Waals surface area contributed by atoms with Gasteiger partial charge in [-0.2, -0.15) is 0 Å². The summed E-state index contributed by atoms with van der Waals surface area (Å²) in [7, 11) is 0. The van der Waals surface area contributed by atoms with Crippen LogP contribution in [0, 0.1) is 6.92 Å². The molecule has 0 unspecified atom stereocenters. The number of imidazole rings is 1. The molecule has 138 valence electrons. The topological polar surface area (TPSA) is 95.0 Å². The zero-order valence-electron chi connectivity index (χ0n) is 15.4. The van der Waals surface area contributed by atoms with Crippen LogP contribution in [0.3, 0.4) is 0 Å². The monoisotopic (exact) mass is 363 g/mol. The van der Waals surface area contributed by atoms with Gasteiger partial charge in [-0.3, -0.25) is 0 Å². The molecule has 1 aromatic carbocycles. The van der Waals surface area contributed by atoms with E-state index in [0.717, 1.165) is 66.0 Å². The van der Waals surface area contributed by atoms with E-state index >= 15 is 0 Å². The van der Waals surface area contributed by atoms with Crippen molar-refractivity contribution >= 4 is 11.8 Å². The smallest absolute Gasteiger partial charge is 0.335 e. The SMILES string of the molecule is CCc1cc(N2CCc3nc(-c4ccc(C(=O)O)cc4)[nH]c3C2)nc(C)n1. The summed E-state index contributed by atoms with van der Waals surface area (Å²) in [5.41, 5.74) is 4.34. The molecule has 1 aliphatic rings. The Bertz CT molecular complexity index is 994. The summed E-state index contributed by atoms with van der Waals surface area (Å²) in [6, 6.07) is 8.82. The highest BCUT2D eigenvalue weighted by Gasteiger charge is 2.22. The van der Waals surface area contributed by atoms with Gasteiger partial charge in [0, 0.05) is 30.3 Å². The van der Waals surface area contributed by atoms with Crippen LogP contribution in [0.5, 0.6) is 0 Å². The van der Waals surface area contributed by atoms with Crippen molar-refractivity contribution in [1.82, 2.24) is 19.9 Å². The zero-order chi connectivity index (χ0) is 19.0. The molecule has 0 bridgehead atoms. The molecule has 1 aliphatic heterocycles. The fraction of sp³-hybridized carbons (Fsp3) is 0.300. The zero-order valence-corrected chi connectivity index (χ0v) is 15.4. The van der Waals surface area contributed by atoms with E-state index in [-0.39, 0.29) is 5.56 Å². The first-order valence-electron chi connectivity index (χ1n) is 9.04. The minimum absolute atomic E-state index is 0.270. The first-order valence-corrected chi connectivity index (χ1v) is 9.04. The normalized spacial score (nSPS) is 13.5. The van der Waals surface area contributed by atoms with Gasteiger partial charge in [-0.15, -0.1) is 0 Å². The van der Waals surface area contributed by atoms with Crippen molar-refractivity contribution in [3.8, 4) is 11.4 Å². The lowest BCUT2D eigenvalue weighted by Gasteiger charge is -2.27. The molecule has 3 heterocycles. The molecule has 2 aromatic heterocycles. The molecule has 2 N–H and O–H groups in total. The van der Waals surface area contributed by atoms with E-state index in [0.29, 0.717) is 0 Å². The van der Waals surface area contributed by atoms with E-state index in [4.69, 9.17) is 10.1 Å². The Morgan fingerprint density at radius 1 is 1.22 bits per heavy atom. The number of benzene rings is 1. The highest BCUT2D eigenvalue weighted by atomic mass is 16.4. The summed E-state index contributed by atoms with van der Waals surface area (Å²) in [5.74, 6) is 1.58. The Hall–Kier alpha value is -3.22. The summed E-state index contributed by atoms with van der Waals surface area (Å²) < 4.78 is 0. The molecule has 0 saturated carbocycles. The quantitative estimate of drug-likeness (QED) is 0.740. The molecule has 4 rings (SSSR count). The van der Waals surface area contributed by atoms with Gasteiger partial charge in [0.1, 0.15) is 17.5 Å². The summed E-state index contributed by atoms with van der Waals surface area (Å²) >= 11 is 0. The van der Waals surface area contributed by atoms with Gasteiger partial charge in [0.15, 0.2) is 0 Å². The standard InChI is InChI=1S/C20H21N5O2/c1-3-15-10-18(22-12(2)21-15)25-9-8-16-17(11-25)24-19(23-16)13-4-6-14(7-5-13)20(26)27/h4-7,10H,3,8-9,11H2,1-2H3,(H,23,24)(H,26,27). The van der Waals surface area contributed by atoms with Gasteiger partial charge < -0.3 is 15.0 Å². The summed E-state index contributed by atoms with van der Waals surface area (Å²) in [4.78, 5) is 30.4. The molecule has 0 aliphatic carbocycles.